The molecule has 7 nitrogen and oxygen atoms in total. The number of hydrogen-bond donors (Lipinski definition) is 2. The molecule has 2 amide bonds. The van der Waals surface area contributed by atoms with Crippen molar-refractivity contribution in [3.8, 4) is 0 Å². The standard InChI is InChI=1S/C19H25N5O2/c1-13(2)24-17(10-11-20-24)22-19(26)14(3)21-15-6-8-16(9-7-15)23-12-4-5-18(23)25/h6-11,13-14,21H,4-5,12H2,1-3H3,(H,22,26). The lowest BCUT2D eigenvalue weighted by Gasteiger charge is -2.19. The Morgan fingerprint density at radius 1 is 1.15 bits per heavy atom. The number of benzene rings is 1. The van der Waals surface area contributed by atoms with E-state index in [2.05, 4.69) is 15.7 Å². The van der Waals surface area contributed by atoms with E-state index < -0.39 is 6.04 Å². The number of amides is 2. The van der Waals surface area contributed by atoms with Crippen molar-refractivity contribution in [2.75, 3.05) is 22.1 Å². The summed E-state index contributed by atoms with van der Waals surface area (Å²) in [7, 11) is 0. The molecule has 7 heteroatoms. The van der Waals surface area contributed by atoms with Gasteiger partial charge in [0, 0.05) is 36.4 Å². The van der Waals surface area contributed by atoms with Crippen molar-refractivity contribution in [3.05, 3.63) is 36.5 Å². The number of rotatable bonds is 6. The molecule has 2 heterocycles. The number of nitrogens with zero attached hydrogens (tertiary/aromatic N) is 3. The summed E-state index contributed by atoms with van der Waals surface area (Å²) in [6, 6.07) is 9.14. The Bertz CT molecular complexity index is 781. The number of carbonyl (C=O) groups excluding carboxylic acids is 2. The van der Waals surface area contributed by atoms with Gasteiger partial charge in [0.05, 0.1) is 6.20 Å². The van der Waals surface area contributed by atoms with Crippen molar-refractivity contribution in [1.82, 2.24) is 9.78 Å². The lowest BCUT2D eigenvalue weighted by atomic mass is 10.2. The molecule has 138 valence electrons. The number of aromatic nitrogens is 2. The molecule has 0 spiro atoms. The van der Waals surface area contributed by atoms with Crippen LogP contribution in [0.15, 0.2) is 36.5 Å². The number of nitrogens with one attached hydrogen (secondary N) is 2. The Labute approximate surface area is 153 Å². The lowest BCUT2D eigenvalue weighted by Crippen LogP contribution is -2.32. The highest BCUT2D eigenvalue weighted by molar-refractivity contribution is 5.96. The molecule has 1 aromatic heterocycles. The summed E-state index contributed by atoms with van der Waals surface area (Å²) in [5.74, 6) is 0.716. The lowest BCUT2D eigenvalue weighted by molar-refractivity contribution is -0.117. The van der Waals surface area contributed by atoms with Crippen LogP contribution in [-0.4, -0.2) is 34.2 Å². The molecule has 1 aromatic carbocycles. The maximum atomic E-state index is 12.4. The quantitative estimate of drug-likeness (QED) is 0.835. The van der Waals surface area contributed by atoms with Crippen LogP contribution in [0.25, 0.3) is 0 Å². The van der Waals surface area contributed by atoms with E-state index in [4.69, 9.17) is 0 Å². The van der Waals surface area contributed by atoms with Crippen LogP contribution in [0.2, 0.25) is 0 Å². The normalized spacial score (nSPS) is 15.4. The first kappa shape index (κ1) is 18.0. The van der Waals surface area contributed by atoms with Crippen LogP contribution in [0.5, 0.6) is 0 Å². The average Bonchev–Trinajstić information content (AvgIpc) is 3.24. The van der Waals surface area contributed by atoms with E-state index in [9.17, 15) is 9.59 Å². The molecule has 0 aliphatic carbocycles. The summed E-state index contributed by atoms with van der Waals surface area (Å²) in [5.41, 5.74) is 1.73. The molecule has 1 unspecified atom stereocenters. The number of hydrogen-bond acceptors (Lipinski definition) is 4. The van der Waals surface area contributed by atoms with Gasteiger partial charge in [-0.15, -0.1) is 0 Å². The van der Waals surface area contributed by atoms with E-state index in [0.29, 0.717) is 12.2 Å². The third-order valence-electron chi connectivity index (χ3n) is 4.44. The second-order valence-corrected chi connectivity index (χ2v) is 6.81. The molecule has 0 radical (unpaired) electrons. The van der Waals surface area contributed by atoms with Gasteiger partial charge < -0.3 is 15.5 Å². The van der Waals surface area contributed by atoms with Gasteiger partial charge in [-0.2, -0.15) is 5.10 Å². The molecule has 1 saturated heterocycles. The Hall–Kier alpha value is -2.83. The highest BCUT2D eigenvalue weighted by Gasteiger charge is 2.21. The molecule has 0 bridgehead atoms. The zero-order valence-corrected chi connectivity index (χ0v) is 15.4. The zero-order valence-electron chi connectivity index (χ0n) is 15.4. The fraction of sp³-hybridized carbons (Fsp3) is 0.421. The second-order valence-electron chi connectivity index (χ2n) is 6.81. The van der Waals surface area contributed by atoms with Gasteiger partial charge in [0.1, 0.15) is 11.9 Å². The van der Waals surface area contributed by atoms with Gasteiger partial charge in [-0.05, 0) is 51.5 Å². The molecule has 1 aliphatic heterocycles. The third-order valence-corrected chi connectivity index (χ3v) is 4.44. The summed E-state index contributed by atoms with van der Waals surface area (Å²) >= 11 is 0. The minimum atomic E-state index is -0.412. The molecule has 2 aromatic rings. The van der Waals surface area contributed by atoms with E-state index in [0.717, 1.165) is 24.3 Å². The Balaban J connectivity index is 1.60. The Morgan fingerprint density at radius 2 is 1.88 bits per heavy atom. The van der Waals surface area contributed by atoms with Crippen LogP contribution < -0.4 is 15.5 Å². The first-order chi connectivity index (χ1) is 12.5. The molecular weight excluding hydrogens is 330 g/mol. The fourth-order valence-corrected chi connectivity index (χ4v) is 3.03. The summed E-state index contributed by atoms with van der Waals surface area (Å²) in [4.78, 5) is 26.0. The minimum Gasteiger partial charge on any atom is -0.374 e. The highest BCUT2D eigenvalue weighted by atomic mass is 16.2. The van der Waals surface area contributed by atoms with E-state index in [-0.39, 0.29) is 17.9 Å². The Kier molecular flexibility index (Phi) is 5.25. The SMILES string of the molecule is CC(Nc1ccc(N2CCCC2=O)cc1)C(=O)Nc1ccnn1C(C)C. The van der Waals surface area contributed by atoms with Crippen molar-refractivity contribution < 1.29 is 9.59 Å². The highest BCUT2D eigenvalue weighted by Crippen LogP contribution is 2.23. The fourth-order valence-electron chi connectivity index (χ4n) is 3.03. The van der Waals surface area contributed by atoms with Gasteiger partial charge in [-0.1, -0.05) is 0 Å². The molecule has 0 saturated carbocycles. The van der Waals surface area contributed by atoms with Crippen LogP contribution in [0.1, 0.15) is 39.7 Å². The Morgan fingerprint density at radius 3 is 2.50 bits per heavy atom. The average molecular weight is 355 g/mol. The second kappa shape index (κ2) is 7.59. The largest absolute Gasteiger partial charge is 0.374 e. The third kappa shape index (κ3) is 3.87. The van der Waals surface area contributed by atoms with Crippen LogP contribution in [0.4, 0.5) is 17.2 Å². The number of anilines is 3. The summed E-state index contributed by atoms with van der Waals surface area (Å²) in [6.45, 7) is 6.60. The van der Waals surface area contributed by atoms with Crippen molar-refractivity contribution >= 4 is 29.0 Å². The first-order valence-electron chi connectivity index (χ1n) is 8.97. The summed E-state index contributed by atoms with van der Waals surface area (Å²) in [6.07, 6.45) is 3.19. The van der Waals surface area contributed by atoms with Crippen molar-refractivity contribution in [2.45, 2.75) is 45.7 Å². The maximum Gasteiger partial charge on any atom is 0.247 e. The van der Waals surface area contributed by atoms with Gasteiger partial charge in [0.15, 0.2) is 0 Å². The van der Waals surface area contributed by atoms with Gasteiger partial charge in [0.25, 0.3) is 0 Å². The topological polar surface area (TPSA) is 79.3 Å². The van der Waals surface area contributed by atoms with E-state index in [1.54, 1.807) is 21.8 Å². The summed E-state index contributed by atoms with van der Waals surface area (Å²) < 4.78 is 1.77. The van der Waals surface area contributed by atoms with E-state index in [1.807, 2.05) is 45.0 Å². The van der Waals surface area contributed by atoms with Crippen LogP contribution in [0.3, 0.4) is 0 Å². The smallest absolute Gasteiger partial charge is 0.247 e. The van der Waals surface area contributed by atoms with Gasteiger partial charge in [-0.3, -0.25) is 9.59 Å². The number of carbonyl (C=O) groups is 2. The first-order valence-corrected chi connectivity index (χ1v) is 8.97. The van der Waals surface area contributed by atoms with E-state index in [1.165, 1.54) is 0 Å². The predicted molar refractivity (Wildman–Crippen MR) is 102 cm³/mol. The molecule has 1 fully saturated rings. The monoisotopic (exact) mass is 355 g/mol. The molecule has 1 aliphatic rings. The predicted octanol–water partition coefficient (Wildman–Crippen LogP) is 3.03. The van der Waals surface area contributed by atoms with Crippen LogP contribution in [-0.2, 0) is 9.59 Å². The van der Waals surface area contributed by atoms with Gasteiger partial charge in [0.2, 0.25) is 11.8 Å². The van der Waals surface area contributed by atoms with Crippen molar-refractivity contribution in [1.29, 1.82) is 0 Å². The summed E-state index contributed by atoms with van der Waals surface area (Å²) in [5, 5.41) is 10.3. The van der Waals surface area contributed by atoms with Crippen molar-refractivity contribution in [2.24, 2.45) is 0 Å². The van der Waals surface area contributed by atoms with E-state index >= 15 is 0 Å². The molecular formula is C19H25N5O2. The van der Waals surface area contributed by atoms with Crippen LogP contribution in [0, 0.1) is 0 Å². The zero-order chi connectivity index (χ0) is 18.7. The molecule has 1 atom stereocenters. The maximum absolute atomic E-state index is 12.4. The van der Waals surface area contributed by atoms with Crippen molar-refractivity contribution in [3.63, 3.8) is 0 Å². The minimum absolute atomic E-state index is 0.133. The van der Waals surface area contributed by atoms with Gasteiger partial charge in [-0.25, -0.2) is 4.68 Å². The molecule has 2 N–H and O–H groups in total. The van der Waals surface area contributed by atoms with Crippen LogP contribution >= 0.6 is 0 Å². The molecule has 3 rings (SSSR count). The van der Waals surface area contributed by atoms with Gasteiger partial charge >= 0.3 is 0 Å². The molecule has 26 heavy (non-hydrogen) atoms.